The fraction of sp³-hybridized carbons (Fsp3) is 0.857. The molecule has 0 aliphatic heterocycles. The molecular weight excluding hydrogens is 246 g/mol. The van der Waals surface area contributed by atoms with E-state index in [-0.39, 0.29) is 23.8 Å². The molecule has 2 N–H and O–H groups in total. The number of ether oxygens (including phenoxy) is 1. The topological polar surface area (TPSA) is 75.6 Å². The molecule has 19 heavy (non-hydrogen) atoms. The van der Waals surface area contributed by atoms with Gasteiger partial charge in [0.2, 0.25) is 5.91 Å². The molecule has 5 heteroatoms. The maximum Gasteiger partial charge on any atom is 0.307 e. The van der Waals surface area contributed by atoms with Crippen LogP contribution in [-0.4, -0.2) is 36.2 Å². The largest absolute Gasteiger partial charge is 0.481 e. The number of hydrogen-bond donors (Lipinski definition) is 2. The van der Waals surface area contributed by atoms with E-state index in [0.717, 1.165) is 6.42 Å². The lowest BCUT2D eigenvalue weighted by molar-refractivity contribution is -0.146. The van der Waals surface area contributed by atoms with Gasteiger partial charge < -0.3 is 15.2 Å². The third kappa shape index (κ3) is 4.49. The molecule has 0 aromatic heterocycles. The van der Waals surface area contributed by atoms with Gasteiger partial charge in [-0.1, -0.05) is 20.3 Å². The Morgan fingerprint density at radius 3 is 2.47 bits per heavy atom. The van der Waals surface area contributed by atoms with E-state index >= 15 is 0 Å². The lowest BCUT2D eigenvalue weighted by Crippen LogP contribution is -2.46. The second-order valence-corrected chi connectivity index (χ2v) is 5.50. The van der Waals surface area contributed by atoms with Crippen LogP contribution in [0.3, 0.4) is 0 Å². The van der Waals surface area contributed by atoms with Crippen LogP contribution in [-0.2, 0) is 14.3 Å². The molecule has 5 nitrogen and oxygen atoms in total. The zero-order chi connectivity index (χ0) is 14.4. The van der Waals surface area contributed by atoms with Gasteiger partial charge in [0.15, 0.2) is 0 Å². The first-order valence-corrected chi connectivity index (χ1v) is 7.08. The first kappa shape index (κ1) is 16.0. The number of carbonyl (C=O) groups is 2. The number of carboxylic acid groups (broad SMARTS) is 1. The van der Waals surface area contributed by atoms with Crippen molar-refractivity contribution in [2.24, 2.45) is 17.8 Å². The smallest absolute Gasteiger partial charge is 0.307 e. The van der Waals surface area contributed by atoms with Crippen molar-refractivity contribution in [3.05, 3.63) is 0 Å². The van der Waals surface area contributed by atoms with Gasteiger partial charge in [0.1, 0.15) is 0 Å². The summed E-state index contributed by atoms with van der Waals surface area (Å²) < 4.78 is 5.36. The number of rotatable bonds is 7. The Labute approximate surface area is 114 Å². The van der Waals surface area contributed by atoms with E-state index in [0.29, 0.717) is 26.1 Å². The molecule has 0 aromatic rings. The molecule has 0 heterocycles. The average Bonchev–Trinajstić information content (AvgIpc) is 2.83. The van der Waals surface area contributed by atoms with Gasteiger partial charge in [-0.05, 0) is 25.7 Å². The monoisotopic (exact) mass is 271 g/mol. The number of hydrogen-bond acceptors (Lipinski definition) is 3. The number of amides is 1. The molecule has 0 aromatic carbocycles. The summed E-state index contributed by atoms with van der Waals surface area (Å²) >= 11 is 0. The molecule has 0 spiro atoms. The standard InChI is InChI=1S/C14H25NO4/c1-4-19-8-12(9(2)3)15-13(16)10-6-5-7-11(10)14(17)18/h9-12H,4-8H2,1-3H3,(H,15,16)(H,17,18)/t10-,11+,12?/m1/s1. The van der Waals surface area contributed by atoms with Gasteiger partial charge in [0.25, 0.3) is 0 Å². The summed E-state index contributed by atoms with van der Waals surface area (Å²) in [5, 5.41) is 12.1. The Hall–Kier alpha value is -1.10. The molecule has 1 fully saturated rings. The van der Waals surface area contributed by atoms with Crippen LogP contribution in [0.2, 0.25) is 0 Å². The minimum absolute atomic E-state index is 0.0532. The Balaban J connectivity index is 2.58. The van der Waals surface area contributed by atoms with Crippen molar-refractivity contribution in [2.75, 3.05) is 13.2 Å². The van der Waals surface area contributed by atoms with Crippen LogP contribution in [0.5, 0.6) is 0 Å². The molecular formula is C14H25NO4. The lowest BCUT2D eigenvalue weighted by atomic mass is 9.94. The summed E-state index contributed by atoms with van der Waals surface area (Å²) in [6, 6.07) is -0.0532. The predicted molar refractivity (Wildman–Crippen MR) is 71.7 cm³/mol. The van der Waals surface area contributed by atoms with E-state index in [4.69, 9.17) is 9.84 Å². The molecule has 1 aliphatic rings. The highest BCUT2D eigenvalue weighted by Crippen LogP contribution is 2.32. The summed E-state index contributed by atoms with van der Waals surface area (Å²) in [5.41, 5.74) is 0. The third-order valence-corrected chi connectivity index (χ3v) is 3.80. The Kier molecular flexibility index (Phi) is 6.28. The van der Waals surface area contributed by atoms with Crippen LogP contribution in [0.4, 0.5) is 0 Å². The summed E-state index contributed by atoms with van der Waals surface area (Å²) in [4.78, 5) is 23.3. The highest BCUT2D eigenvalue weighted by atomic mass is 16.5. The molecule has 1 saturated carbocycles. The van der Waals surface area contributed by atoms with Gasteiger partial charge >= 0.3 is 5.97 Å². The van der Waals surface area contributed by atoms with Crippen LogP contribution in [0.15, 0.2) is 0 Å². The van der Waals surface area contributed by atoms with Gasteiger partial charge in [-0.3, -0.25) is 9.59 Å². The van der Waals surface area contributed by atoms with Crippen molar-refractivity contribution in [2.45, 2.75) is 46.1 Å². The molecule has 3 atom stereocenters. The van der Waals surface area contributed by atoms with E-state index in [2.05, 4.69) is 5.32 Å². The van der Waals surface area contributed by atoms with Crippen LogP contribution >= 0.6 is 0 Å². The van der Waals surface area contributed by atoms with Gasteiger partial charge in [-0.25, -0.2) is 0 Å². The van der Waals surface area contributed by atoms with Crippen molar-refractivity contribution < 1.29 is 19.4 Å². The maximum atomic E-state index is 12.2. The van der Waals surface area contributed by atoms with E-state index in [1.54, 1.807) is 0 Å². The minimum Gasteiger partial charge on any atom is -0.481 e. The van der Waals surface area contributed by atoms with Gasteiger partial charge in [-0.2, -0.15) is 0 Å². The number of carboxylic acids is 1. The Bertz CT molecular complexity index is 317. The summed E-state index contributed by atoms with van der Waals surface area (Å²) in [6.07, 6.45) is 2.08. The van der Waals surface area contributed by atoms with E-state index in [9.17, 15) is 9.59 Å². The van der Waals surface area contributed by atoms with Crippen molar-refractivity contribution >= 4 is 11.9 Å². The number of carbonyl (C=O) groups excluding carboxylic acids is 1. The first-order chi connectivity index (χ1) is 8.97. The normalized spacial score (nSPS) is 24.4. The average molecular weight is 271 g/mol. The van der Waals surface area contributed by atoms with Crippen LogP contribution < -0.4 is 5.32 Å². The second kappa shape index (κ2) is 7.48. The quantitative estimate of drug-likeness (QED) is 0.738. The summed E-state index contributed by atoms with van der Waals surface area (Å²) in [6.45, 7) is 7.04. The second-order valence-electron chi connectivity index (χ2n) is 5.50. The number of nitrogens with one attached hydrogen (secondary N) is 1. The fourth-order valence-electron chi connectivity index (χ4n) is 2.50. The molecule has 0 radical (unpaired) electrons. The Morgan fingerprint density at radius 1 is 1.32 bits per heavy atom. The molecule has 1 amide bonds. The lowest BCUT2D eigenvalue weighted by Gasteiger charge is -2.25. The minimum atomic E-state index is -0.858. The van der Waals surface area contributed by atoms with Crippen molar-refractivity contribution in [3.63, 3.8) is 0 Å². The fourth-order valence-corrected chi connectivity index (χ4v) is 2.50. The Morgan fingerprint density at radius 2 is 1.95 bits per heavy atom. The number of aliphatic carboxylic acids is 1. The van der Waals surface area contributed by atoms with Crippen molar-refractivity contribution in [1.29, 1.82) is 0 Å². The maximum absolute atomic E-state index is 12.2. The van der Waals surface area contributed by atoms with Gasteiger partial charge in [0, 0.05) is 6.61 Å². The third-order valence-electron chi connectivity index (χ3n) is 3.80. The predicted octanol–water partition coefficient (Wildman–Crippen LogP) is 1.66. The van der Waals surface area contributed by atoms with Crippen LogP contribution in [0.25, 0.3) is 0 Å². The zero-order valence-corrected chi connectivity index (χ0v) is 12.0. The highest BCUT2D eigenvalue weighted by Gasteiger charge is 2.38. The SMILES string of the molecule is CCOCC(NC(=O)[C@@H]1CCC[C@@H]1C(=O)O)C(C)C. The molecule has 110 valence electrons. The zero-order valence-electron chi connectivity index (χ0n) is 12.0. The van der Waals surface area contributed by atoms with Gasteiger partial charge in [-0.15, -0.1) is 0 Å². The van der Waals surface area contributed by atoms with Crippen LogP contribution in [0, 0.1) is 17.8 Å². The van der Waals surface area contributed by atoms with Crippen molar-refractivity contribution in [1.82, 2.24) is 5.32 Å². The van der Waals surface area contributed by atoms with E-state index in [1.807, 2.05) is 20.8 Å². The van der Waals surface area contributed by atoms with E-state index < -0.39 is 11.9 Å². The van der Waals surface area contributed by atoms with Crippen molar-refractivity contribution in [3.8, 4) is 0 Å². The molecule has 1 aliphatic carbocycles. The highest BCUT2D eigenvalue weighted by molar-refractivity contribution is 5.85. The summed E-state index contributed by atoms with van der Waals surface area (Å²) in [7, 11) is 0. The van der Waals surface area contributed by atoms with Gasteiger partial charge in [0.05, 0.1) is 24.5 Å². The molecule has 0 bridgehead atoms. The first-order valence-electron chi connectivity index (χ1n) is 7.08. The summed E-state index contributed by atoms with van der Waals surface area (Å²) in [5.74, 6) is -1.65. The molecule has 1 unspecified atom stereocenters. The van der Waals surface area contributed by atoms with E-state index in [1.165, 1.54) is 0 Å². The molecule has 0 saturated heterocycles. The molecule has 1 rings (SSSR count). The van der Waals surface area contributed by atoms with Crippen LogP contribution in [0.1, 0.15) is 40.0 Å².